The molecule has 0 aliphatic rings. The molecule has 0 spiro atoms. The average Bonchev–Trinajstić information content (AvgIpc) is 2.79. The first-order valence-electron chi connectivity index (χ1n) is 5.75. The Morgan fingerprint density at radius 1 is 1.59 bits per heavy atom. The summed E-state index contributed by atoms with van der Waals surface area (Å²) >= 11 is 1.65. The van der Waals surface area contributed by atoms with Gasteiger partial charge in [-0.3, -0.25) is 4.79 Å². The van der Waals surface area contributed by atoms with E-state index in [4.69, 9.17) is 10.5 Å². The molecule has 5 heteroatoms. The van der Waals surface area contributed by atoms with Gasteiger partial charge in [-0.15, -0.1) is 11.3 Å². The maximum atomic E-state index is 11.7. The minimum absolute atomic E-state index is 0.0592. The number of rotatable bonds is 7. The molecule has 1 unspecified atom stereocenters. The van der Waals surface area contributed by atoms with Crippen molar-refractivity contribution in [3.8, 4) is 0 Å². The van der Waals surface area contributed by atoms with Crippen molar-refractivity contribution in [2.24, 2.45) is 11.7 Å². The average molecular weight is 256 g/mol. The van der Waals surface area contributed by atoms with Gasteiger partial charge in [0.2, 0.25) is 5.91 Å². The largest absolute Gasteiger partial charge is 0.370 e. The molecule has 1 atom stereocenters. The van der Waals surface area contributed by atoms with Crippen LogP contribution in [-0.2, 0) is 9.53 Å². The van der Waals surface area contributed by atoms with E-state index in [9.17, 15) is 4.79 Å². The van der Waals surface area contributed by atoms with Crippen molar-refractivity contribution in [2.45, 2.75) is 19.9 Å². The number of carbonyl (C=O) groups excluding carboxylic acids is 1. The highest BCUT2D eigenvalue weighted by atomic mass is 32.1. The highest BCUT2D eigenvalue weighted by Gasteiger charge is 2.18. The molecule has 4 nitrogen and oxygen atoms in total. The summed E-state index contributed by atoms with van der Waals surface area (Å²) in [5.74, 6) is 0.262. The van der Waals surface area contributed by atoms with Crippen LogP contribution in [0.4, 0.5) is 0 Å². The molecule has 0 saturated heterocycles. The van der Waals surface area contributed by atoms with Gasteiger partial charge >= 0.3 is 0 Å². The number of hydrogen-bond donors (Lipinski definition) is 2. The Hall–Kier alpha value is -0.910. The second kappa shape index (κ2) is 7.42. The van der Waals surface area contributed by atoms with Crippen molar-refractivity contribution in [2.75, 3.05) is 19.8 Å². The molecule has 1 amide bonds. The first-order chi connectivity index (χ1) is 8.15. The zero-order valence-corrected chi connectivity index (χ0v) is 11.1. The predicted octanol–water partition coefficient (Wildman–Crippen LogP) is 1.54. The third kappa shape index (κ3) is 4.85. The van der Waals surface area contributed by atoms with E-state index in [1.54, 1.807) is 11.3 Å². The molecule has 0 aliphatic carbocycles. The summed E-state index contributed by atoms with van der Waals surface area (Å²) in [4.78, 5) is 12.8. The molecule has 1 aromatic rings. The number of thiophene rings is 1. The van der Waals surface area contributed by atoms with Crippen LogP contribution in [0, 0.1) is 5.92 Å². The van der Waals surface area contributed by atoms with Crippen LogP contribution in [0.15, 0.2) is 17.5 Å². The van der Waals surface area contributed by atoms with Crippen LogP contribution in [-0.4, -0.2) is 25.7 Å². The lowest BCUT2D eigenvalue weighted by Gasteiger charge is -2.21. The Bertz CT molecular complexity index is 325. The first kappa shape index (κ1) is 14.2. The molecule has 1 aromatic heterocycles. The van der Waals surface area contributed by atoms with Crippen molar-refractivity contribution in [3.05, 3.63) is 22.4 Å². The first-order valence-corrected chi connectivity index (χ1v) is 6.63. The molecule has 0 bridgehead atoms. The number of nitrogens with two attached hydrogens (primary N) is 1. The van der Waals surface area contributed by atoms with Crippen LogP contribution in [0.5, 0.6) is 0 Å². The molecule has 96 valence electrons. The maximum absolute atomic E-state index is 11.7. The van der Waals surface area contributed by atoms with E-state index in [0.29, 0.717) is 19.1 Å². The molecule has 3 N–H and O–H groups in total. The fourth-order valence-electron chi connectivity index (χ4n) is 1.50. The Kier molecular flexibility index (Phi) is 6.18. The lowest BCUT2D eigenvalue weighted by Crippen LogP contribution is -2.34. The lowest BCUT2D eigenvalue weighted by molar-refractivity contribution is -0.126. The van der Waals surface area contributed by atoms with Gasteiger partial charge in [0.05, 0.1) is 12.6 Å². The van der Waals surface area contributed by atoms with Crippen LogP contribution in [0.2, 0.25) is 0 Å². The van der Waals surface area contributed by atoms with Gasteiger partial charge < -0.3 is 15.8 Å². The van der Waals surface area contributed by atoms with Crippen LogP contribution in [0.25, 0.3) is 0 Å². The van der Waals surface area contributed by atoms with Gasteiger partial charge in [0.1, 0.15) is 6.61 Å². The Morgan fingerprint density at radius 2 is 2.35 bits per heavy atom. The smallest absolute Gasteiger partial charge is 0.246 e. The maximum Gasteiger partial charge on any atom is 0.246 e. The minimum atomic E-state index is -0.0921. The van der Waals surface area contributed by atoms with E-state index in [-0.39, 0.29) is 18.6 Å². The van der Waals surface area contributed by atoms with Gasteiger partial charge in [0.25, 0.3) is 0 Å². The fourth-order valence-corrected chi connectivity index (χ4v) is 2.45. The molecule has 0 radical (unpaired) electrons. The number of carbonyl (C=O) groups is 1. The van der Waals surface area contributed by atoms with Gasteiger partial charge in [-0.25, -0.2) is 0 Å². The van der Waals surface area contributed by atoms with Gasteiger partial charge in [-0.1, -0.05) is 19.9 Å². The van der Waals surface area contributed by atoms with Crippen LogP contribution in [0.1, 0.15) is 24.8 Å². The van der Waals surface area contributed by atoms with Crippen molar-refractivity contribution < 1.29 is 9.53 Å². The van der Waals surface area contributed by atoms with Crippen molar-refractivity contribution in [1.29, 1.82) is 0 Å². The summed E-state index contributed by atoms with van der Waals surface area (Å²) in [6, 6.07) is 4.09. The highest BCUT2D eigenvalue weighted by molar-refractivity contribution is 7.10. The molecule has 0 saturated carbocycles. The van der Waals surface area contributed by atoms with Crippen molar-refractivity contribution in [3.63, 3.8) is 0 Å². The summed E-state index contributed by atoms with van der Waals surface area (Å²) in [6.07, 6.45) is 0. The third-order valence-corrected chi connectivity index (χ3v) is 3.28. The number of nitrogens with one attached hydrogen (secondary N) is 1. The van der Waals surface area contributed by atoms with Crippen LogP contribution < -0.4 is 11.1 Å². The Morgan fingerprint density at radius 3 is 2.88 bits per heavy atom. The van der Waals surface area contributed by atoms with E-state index in [2.05, 4.69) is 19.2 Å². The Balaban J connectivity index is 2.48. The lowest BCUT2D eigenvalue weighted by atomic mass is 10.0. The molecule has 1 rings (SSSR count). The zero-order valence-electron chi connectivity index (χ0n) is 10.3. The molecule has 0 fully saturated rings. The van der Waals surface area contributed by atoms with Gasteiger partial charge in [-0.2, -0.15) is 0 Å². The third-order valence-electron chi connectivity index (χ3n) is 2.33. The fraction of sp³-hybridized carbons (Fsp3) is 0.583. The molecule has 1 heterocycles. The number of ether oxygens (including phenoxy) is 1. The van der Waals surface area contributed by atoms with Crippen LogP contribution in [0.3, 0.4) is 0 Å². The van der Waals surface area contributed by atoms with Gasteiger partial charge in [0, 0.05) is 11.4 Å². The van der Waals surface area contributed by atoms with E-state index in [1.807, 2.05) is 17.5 Å². The van der Waals surface area contributed by atoms with E-state index < -0.39 is 0 Å². The molecule has 0 aromatic carbocycles. The molecule has 0 aliphatic heterocycles. The minimum Gasteiger partial charge on any atom is -0.370 e. The van der Waals surface area contributed by atoms with Crippen LogP contribution >= 0.6 is 11.3 Å². The predicted molar refractivity (Wildman–Crippen MR) is 69.9 cm³/mol. The highest BCUT2D eigenvalue weighted by Crippen LogP contribution is 2.25. The quantitative estimate of drug-likeness (QED) is 0.727. The molecular weight excluding hydrogens is 236 g/mol. The summed E-state index contributed by atoms with van der Waals surface area (Å²) in [5.41, 5.74) is 5.29. The Labute approximate surface area is 106 Å². The SMILES string of the molecule is CC(C)C(NC(=O)COCCN)c1cccs1. The number of hydrogen-bond acceptors (Lipinski definition) is 4. The molecular formula is C12H20N2O2S. The summed E-state index contributed by atoms with van der Waals surface area (Å²) in [6.45, 7) is 5.10. The zero-order chi connectivity index (χ0) is 12.7. The van der Waals surface area contributed by atoms with E-state index in [1.165, 1.54) is 4.88 Å². The standard InChI is InChI=1S/C12H20N2O2S/c1-9(2)12(10-4-3-7-17-10)14-11(15)8-16-6-5-13/h3-4,7,9,12H,5-6,8,13H2,1-2H3,(H,14,15). The second-order valence-electron chi connectivity index (χ2n) is 4.15. The summed E-state index contributed by atoms with van der Waals surface area (Å²) in [7, 11) is 0. The van der Waals surface area contributed by atoms with Crippen molar-refractivity contribution in [1.82, 2.24) is 5.32 Å². The van der Waals surface area contributed by atoms with Gasteiger partial charge in [-0.05, 0) is 17.4 Å². The van der Waals surface area contributed by atoms with Gasteiger partial charge in [0.15, 0.2) is 0 Å². The van der Waals surface area contributed by atoms with E-state index in [0.717, 1.165) is 0 Å². The van der Waals surface area contributed by atoms with E-state index >= 15 is 0 Å². The second-order valence-corrected chi connectivity index (χ2v) is 5.13. The summed E-state index contributed by atoms with van der Waals surface area (Å²) in [5, 5.41) is 5.00. The van der Waals surface area contributed by atoms with Crippen molar-refractivity contribution >= 4 is 17.2 Å². The summed E-state index contributed by atoms with van der Waals surface area (Å²) < 4.78 is 5.11. The normalized spacial score (nSPS) is 12.7. The topological polar surface area (TPSA) is 64.3 Å². The number of amides is 1. The molecule has 17 heavy (non-hydrogen) atoms. The monoisotopic (exact) mass is 256 g/mol.